The van der Waals surface area contributed by atoms with Gasteiger partial charge in [-0.25, -0.2) is 4.39 Å². The van der Waals surface area contributed by atoms with Crippen molar-refractivity contribution < 1.29 is 13.9 Å². The molecule has 1 aromatic carbocycles. The molecule has 0 fully saturated rings. The van der Waals surface area contributed by atoms with Gasteiger partial charge in [-0.1, -0.05) is 12.0 Å². The SMILES string of the molecule is CC(=O)OC(C#Cc1ccc(F)cc1)c1ccccn1. The van der Waals surface area contributed by atoms with Gasteiger partial charge in [-0.15, -0.1) is 0 Å². The van der Waals surface area contributed by atoms with E-state index in [1.54, 1.807) is 36.5 Å². The van der Waals surface area contributed by atoms with Crippen molar-refractivity contribution in [1.82, 2.24) is 4.98 Å². The Hall–Kier alpha value is -2.67. The first-order valence-electron chi connectivity index (χ1n) is 6.00. The first kappa shape index (κ1) is 13.8. The highest BCUT2D eigenvalue weighted by atomic mass is 19.1. The molecule has 0 N–H and O–H groups in total. The molecule has 0 saturated carbocycles. The summed E-state index contributed by atoms with van der Waals surface area (Å²) >= 11 is 0. The molecule has 1 heterocycles. The normalized spacial score (nSPS) is 11.1. The molecule has 100 valence electrons. The van der Waals surface area contributed by atoms with E-state index in [1.165, 1.54) is 19.1 Å². The summed E-state index contributed by atoms with van der Waals surface area (Å²) in [6.07, 6.45) is 0.865. The van der Waals surface area contributed by atoms with Crippen LogP contribution < -0.4 is 0 Å². The Morgan fingerprint density at radius 1 is 1.25 bits per heavy atom. The summed E-state index contributed by atoms with van der Waals surface area (Å²) in [6.45, 7) is 1.31. The first-order valence-corrected chi connectivity index (χ1v) is 6.00. The summed E-state index contributed by atoms with van der Waals surface area (Å²) in [7, 11) is 0. The van der Waals surface area contributed by atoms with Crippen LogP contribution in [0, 0.1) is 17.7 Å². The molecule has 2 aromatic rings. The first-order chi connectivity index (χ1) is 9.65. The van der Waals surface area contributed by atoms with Gasteiger partial charge in [-0.2, -0.15) is 0 Å². The molecule has 3 nitrogen and oxygen atoms in total. The molecule has 0 bridgehead atoms. The van der Waals surface area contributed by atoms with E-state index in [2.05, 4.69) is 16.8 Å². The predicted molar refractivity (Wildman–Crippen MR) is 72.0 cm³/mol. The number of hydrogen-bond donors (Lipinski definition) is 0. The minimum Gasteiger partial charge on any atom is -0.443 e. The van der Waals surface area contributed by atoms with Gasteiger partial charge in [0.05, 0.1) is 5.69 Å². The Morgan fingerprint density at radius 2 is 2.00 bits per heavy atom. The number of benzene rings is 1. The molecule has 0 aliphatic carbocycles. The highest BCUT2D eigenvalue weighted by molar-refractivity contribution is 5.66. The van der Waals surface area contributed by atoms with Crippen LogP contribution in [0.5, 0.6) is 0 Å². The fourth-order valence-electron chi connectivity index (χ4n) is 1.54. The maximum Gasteiger partial charge on any atom is 0.304 e. The van der Waals surface area contributed by atoms with Crippen LogP contribution in [-0.2, 0) is 9.53 Å². The molecule has 0 saturated heterocycles. The second kappa shape index (κ2) is 6.48. The fraction of sp³-hybridized carbons (Fsp3) is 0.125. The van der Waals surface area contributed by atoms with E-state index in [0.717, 1.165) is 0 Å². The Kier molecular flexibility index (Phi) is 4.46. The zero-order valence-corrected chi connectivity index (χ0v) is 10.8. The van der Waals surface area contributed by atoms with Crippen molar-refractivity contribution in [3.63, 3.8) is 0 Å². The summed E-state index contributed by atoms with van der Waals surface area (Å²) in [5.41, 5.74) is 1.19. The summed E-state index contributed by atoms with van der Waals surface area (Å²) in [6, 6.07) is 11.1. The molecule has 4 heteroatoms. The second-order valence-electron chi connectivity index (χ2n) is 4.02. The maximum atomic E-state index is 12.8. The maximum absolute atomic E-state index is 12.8. The minimum absolute atomic E-state index is 0.322. The number of rotatable bonds is 2. The molecule has 20 heavy (non-hydrogen) atoms. The number of pyridine rings is 1. The summed E-state index contributed by atoms with van der Waals surface area (Å²) in [5, 5.41) is 0. The minimum atomic E-state index is -0.737. The zero-order chi connectivity index (χ0) is 14.4. The average molecular weight is 269 g/mol. The average Bonchev–Trinajstić information content (AvgIpc) is 2.46. The summed E-state index contributed by atoms with van der Waals surface area (Å²) in [5.74, 6) is 4.91. The number of ether oxygens (including phenoxy) is 1. The summed E-state index contributed by atoms with van der Waals surface area (Å²) in [4.78, 5) is 15.2. The van der Waals surface area contributed by atoms with Crippen LogP contribution in [0.2, 0.25) is 0 Å². The second-order valence-corrected chi connectivity index (χ2v) is 4.02. The largest absolute Gasteiger partial charge is 0.443 e. The van der Waals surface area contributed by atoms with Crippen LogP contribution in [-0.4, -0.2) is 11.0 Å². The van der Waals surface area contributed by atoms with Crippen LogP contribution in [0.15, 0.2) is 48.7 Å². The Labute approximate surface area is 116 Å². The van der Waals surface area contributed by atoms with Crippen molar-refractivity contribution in [2.24, 2.45) is 0 Å². The Balaban J connectivity index is 2.25. The van der Waals surface area contributed by atoms with Gasteiger partial charge < -0.3 is 4.74 Å². The number of carbonyl (C=O) groups excluding carboxylic acids is 1. The van der Waals surface area contributed by atoms with Gasteiger partial charge in [-0.05, 0) is 42.3 Å². The van der Waals surface area contributed by atoms with Crippen molar-refractivity contribution in [2.75, 3.05) is 0 Å². The van der Waals surface area contributed by atoms with Crippen LogP contribution in [0.3, 0.4) is 0 Å². The lowest BCUT2D eigenvalue weighted by Gasteiger charge is -2.09. The fourth-order valence-corrected chi connectivity index (χ4v) is 1.54. The van der Waals surface area contributed by atoms with Crippen LogP contribution >= 0.6 is 0 Å². The molecule has 0 spiro atoms. The van der Waals surface area contributed by atoms with Crippen LogP contribution in [0.4, 0.5) is 4.39 Å². The van der Waals surface area contributed by atoms with Gasteiger partial charge in [0.25, 0.3) is 0 Å². The van der Waals surface area contributed by atoms with E-state index in [0.29, 0.717) is 11.3 Å². The number of nitrogens with zero attached hydrogens (tertiary/aromatic N) is 1. The molecular weight excluding hydrogens is 257 g/mol. The van der Waals surface area contributed by atoms with Crippen LogP contribution in [0.1, 0.15) is 24.3 Å². The standard InChI is InChI=1S/C16H12FNO2/c1-12(19)20-16(15-4-2-3-11-18-15)10-7-13-5-8-14(17)9-6-13/h2-6,8-9,11,16H,1H3. The smallest absolute Gasteiger partial charge is 0.304 e. The van der Waals surface area contributed by atoms with E-state index < -0.39 is 12.1 Å². The van der Waals surface area contributed by atoms with Gasteiger partial charge in [0.1, 0.15) is 5.82 Å². The lowest BCUT2D eigenvalue weighted by atomic mass is 10.2. The molecule has 2 rings (SSSR count). The Bertz CT molecular complexity index is 642. The van der Waals surface area contributed by atoms with Gasteiger partial charge in [0, 0.05) is 18.7 Å². The number of halogens is 1. The molecule has 0 radical (unpaired) electrons. The lowest BCUT2D eigenvalue weighted by molar-refractivity contribution is -0.144. The van der Waals surface area contributed by atoms with Gasteiger partial charge in [0.2, 0.25) is 6.10 Å². The number of hydrogen-bond acceptors (Lipinski definition) is 3. The van der Waals surface area contributed by atoms with Crippen LogP contribution in [0.25, 0.3) is 0 Å². The van der Waals surface area contributed by atoms with Crippen molar-refractivity contribution in [1.29, 1.82) is 0 Å². The third-order valence-corrected chi connectivity index (χ3v) is 2.43. The van der Waals surface area contributed by atoms with Crippen molar-refractivity contribution >= 4 is 5.97 Å². The monoisotopic (exact) mass is 269 g/mol. The van der Waals surface area contributed by atoms with E-state index in [-0.39, 0.29) is 5.82 Å². The zero-order valence-electron chi connectivity index (χ0n) is 10.8. The molecule has 0 amide bonds. The third-order valence-electron chi connectivity index (χ3n) is 2.43. The van der Waals surface area contributed by atoms with Crippen molar-refractivity contribution in [3.8, 4) is 11.8 Å². The number of carbonyl (C=O) groups is 1. The van der Waals surface area contributed by atoms with E-state index >= 15 is 0 Å². The van der Waals surface area contributed by atoms with Gasteiger partial charge >= 0.3 is 5.97 Å². The van der Waals surface area contributed by atoms with E-state index in [1.807, 2.05) is 0 Å². The highest BCUT2D eigenvalue weighted by Gasteiger charge is 2.12. The molecule has 0 aliphatic rings. The predicted octanol–water partition coefficient (Wildman–Crippen LogP) is 2.88. The molecule has 0 aliphatic heterocycles. The highest BCUT2D eigenvalue weighted by Crippen LogP contribution is 2.14. The van der Waals surface area contributed by atoms with Crippen molar-refractivity contribution in [3.05, 3.63) is 65.7 Å². The number of esters is 1. The molecule has 1 aromatic heterocycles. The van der Waals surface area contributed by atoms with E-state index in [9.17, 15) is 9.18 Å². The number of aromatic nitrogens is 1. The lowest BCUT2D eigenvalue weighted by Crippen LogP contribution is -2.08. The molecular formula is C16H12FNO2. The van der Waals surface area contributed by atoms with E-state index in [4.69, 9.17) is 4.74 Å². The Morgan fingerprint density at radius 3 is 2.60 bits per heavy atom. The summed E-state index contributed by atoms with van der Waals surface area (Å²) < 4.78 is 17.9. The van der Waals surface area contributed by atoms with Crippen molar-refractivity contribution in [2.45, 2.75) is 13.0 Å². The van der Waals surface area contributed by atoms with Gasteiger partial charge in [0.15, 0.2) is 0 Å². The van der Waals surface area contributed by atoms with Gasteiger partial charge in [-0.3, -0.25) is 9.78 Å². The molecule has 1 atom stereocenters. The third kappa shape index (κ3) is 3.92. The quantitative estimate of drug-likeness (QED) is 0.621. The topological polar surface area (TPSA) is 39.2 Å². The molecule has 1 unspecified atom stereocenters.